The number of hydrogen-bond acceptors (Lipinski definition) is 3. The molecule has 1 heterocycles. The van der Waals surface area contributed by atoms with Crippen molar-refractivity contribution in [1.29, 1.82) is 0 Å². The highest BCUT2D eigenvalue weighted by Crippen LogP contribution is 2.25. The smallest absolute Gasteiger partial charge is 0.258 e. The Bertz CT molecular complexity index is 962. The van der Waals surface area contributed by atoms with Gasteiger partial charge >= 0.3 is 0 Å². The molecule has 1 N–H and O–H groups in total. The van der Waals surface area contributed by atoms with Crippen LogP contribution >= 0.6 is 11.6 Å². The van der Waals surface area contributed by atoms with Crippen molar-refractivity contribution in [3.8, 4) is 5.75 Å². The number of benzene rings is 2. The van der Waals surface area contributed by atoms with Gasteiger partial charge in [0, 0.05) is 6.07 Å². The van der Waals surface area contributed by atoms with Crippen LogP contribution in [0.2, 0.25) is 5.02 Å². The van der Waals surface area contributed by atoms with E-state index < -0.39 is 23.4 Å². The van der Waals surface area contributed by atoms with Crippen LogP contribution in [0.4, 0.5) is 18.9 Å². The lowest BCUT2D eigenvalue weighted by molar-refractivity contribution is 0.102. The third-order valence-corrected chi connectivity index (χ3v) is 3.61. The van der Waals surface area contributed by atoms with Crippen LogP contribution in [0.1, 0.15) is 10.4 Å². The van der Waals surface area contributed by atoms with Gasteiger partial charge in [-0.05, 0) is 30.3 Å². The summed E-state index contributed by atoms with van der Waals surface area (Å²) in [5, 5.41) is 6.52. The number of ether oxygens (including phenoxy) is 1. The first-order valence-electron chi connectivity index (χ1n) is 7.29. The van der Waals surface area contributed by atoms with Crippen LogP contribution in [0.15, 0.2) is 48.8 Å². The van der Waals surface area contributed by atoms with Crippen LogP contribution in [0.5, 0.6) is 5.75 Å². The molecule has 134 valence electrons. The fraction of sp³-hybridized carbons (Fsp3) is 0.0588. The standard InChI is InChI=1S/C17H11ClF3N3O2/c18-14-5-10(19)2-4-16(14)26-9-24-8-12(7-22-24)23-17(25)13-3-1-11(20)6-15(13)21/h1-8H,9H2,(H,23,25). The molecule has 0 aliphatic rings. The second kappa shape index (κ2) is 7.49. The number of anilines is 1. The molecule has 0 bridgehead atoms. The molecule has 0 aliphatic carbocycles. The van der Waals surface area contributed by atoms with E-state index in [4.69, 9.17) is 16.3 Å². The van der Waals surface area contributed by atoms with Crippen molar-refractivity contribution >= 4 is 23.2 Å². The molecule has 0 aliphatic heterocycles. The first-order valence-corrected chi connectivity index (χ1v) is 7.67. The fourth-order valence-corrected chi connectivity index (χ4v) is 2.32. The molecule has 0 radical (unpaired) electrons. The van der Waals surface area contributed by atoms with Gasteiger partial charge in [-0.25, -0.2) is 17.9 Å². The van der Waals surface area contributed by atoms with E-state index in [-0.39, 0.29) is 28.8 Å². The van der Waals surface area contributed by atoms with E-state index >= 15 is 0 Å². The van der Waals surface area contributed by atoms with Gasteiger partial charge in [0.05, 0.1) is 28.7 Å². The predicted molar refractivity (Wildman–Crippen MR) is 88.6 cm³/mol. The van der Waals surface area contributed by atoms with Crippen molar-refractivity contribution in [2.24, 2.45) is 0 Å². The molecule has 0 spiro atoms. The quantitative estimate of drug-likeness (QED) is 0.719. The van der Waals surface area contributed by atoms with Crippen molar-refractivity contribution in [2.75, 3.05) is 5.32 Å². The molecule has 3 aromatic rings. The third kappa shape index (κ3) is 4.15. The van der Waals surface area contributed by atoms with E-state index in [1.807, 2.05) is 0 Å². The first kappa shape index (κ1) is 17.8. The average molecular weight is 382 g/mol. The lowest BCUT2D eigenvalue weighted by atomic mass is 10.2. The van der Waals surface area contributed by atoms with Gasteiger partial charge in [0.25, 0.3) is 5.91 Å². The molecule has 0 saturated heterocycles. The van der Waals surface area contributed by atoms with Gasteiger partial charge < -0.3 is 10.1 Å². The molecule has 0 fully saturated rings. The molecule has 1 amide bonds. The van der Waals surface area contributed by atoms with E-state index in [1.54, 1.807) is 0 Å². The Balaban J connectivity index is 1.63. The van der Waals surface area contributed by atoms with E-state index in [0.717, 1.165) is 18.2 Å². The summed E-state index contributed by atoms with van der Waals surface area (Å²) in [5.41, 5.74) is -0.0129. The number of nitrogens with one attached hydrogen (secondary N) is 1. The number of carbonyl (C=O) groups excluding carboxylic acids is 1. The molecule has 26 heavy (non-hydrogen) atoms. The number of rotatable bonds is 5. The maximum atomic E-state index is 13.6. The van der Waals surface area contributed by atoms with Gasteiger partial charge in [-0.3, -0.25) is 4.79 Å². The maximum absolute atomic E-state index is 13.6. The lowest BCUT2D eigenvalue weighted by Crippen LogP contribution is -2.13. The SMILES string of the molecule is O=C(Nc1cnn(COc2ccc(F)cc2Cl)c1)c1ccc(F)cc1F. The zero-order valence-electron chi connectivity index (χ0n) is 13.0. The van der Waals surface area contributed by atoms with Crippen LogP contribution in [-0.4, -0.2) is 15.7 Å². The van der Waals surface area contributed by atoms with Crippen LogP contribution in [0.3, 0.4) is 0 Å². The molecule has 0 unspecified atom stereocenters. The minimum Gasteiger partial charge on any atom is -0.470 e. The van der Waals surface area contributed by atoms with Crippen molar-refractivity contribution < 1.29 is 22.7 Å². The van der Waals surface area contributed by atoms with Gasteiger partial charge in [-0.15, -0.1) is 0 Å². The second-order valence-electron chi connectivity index (χ2n) is 5.19. The third-order valence-electron chi connectivity index (χ3n) is 3.31. The molecule has 0 saturated carbocycles. The van der Waals surface area contributed by atoms with Gasteiger partial charge in [0.15, 0.2) is 6.73 Å². The van der Waals surface area contributed by atoms with E-state index in [0.29, 0.717) is 6.07 Å². The molecule has 9 heteroatoms. The van der Waals surface area contributed by atoms with Crippen LogP contribution < -0.4 is 10.1 Å². The van der Waals surface area contributed by atoms with Crippen molar-refractivity contribution in [3.63, 3.8) is 0 Å². The molecule has 2 aromatic carbocycles. The summed E-state index contributed by atoms with van der Waals surface area (Å²) in [4.78, 5) is 12.0. The highest BCUT2D eigenvalue weighted by molar-refractivity contribution is 6.32. The van der Waals surface area contributed by atoms with Gasteiger partial charge in [-0.2, -0.15) is 5.10 Å². The lowest BCUT2D eigenvalue weighted by Gasteiger charge is -2.07. The zero-order valence-corrected chi connectivity index (χ0v) is 13.8. The fourth-order valence-electron chi connectivity index (χ4n) is 2.10. The van der Waals surface area contributed by atoms with Crippen LogP contribution in [0, 0.1) is 17.5 Å². The highest BCUT2D eigenvalue weighted by Gasteiger charge is 2.13. The summed E-state index contributed by atoms with van der Waals surface area (Å²) in [6.45, 7) is -0.0495. The first-order chi connectivity index (χ1) is 12.4. The highest BCUT2D eigenvalue weighted by atomic mass is 35.5. The van der Waals surface area contributed by atoms with Gasteiger partial charge in [0.2, 0.25) is 0 Å². The average Bonchev–Trinajstić information content (AvgIpc) is 3.01. The Kier molecular flexibility index (Phi) is 5.13. The monoisotopic (exact) mass is 381 g/mol. The zero-order chi connectivity index (χ0) is 18.7. The summed E-state index contributed by atoms with van der Waals surface area (Å²) in [5.74, 6) is -2.71. The molecular formula is C17H11ClF3N3O2. The Labute approximate surface area is 151 Å². The second-order valence-corrected chi connectivity index (χ2v) is 5.60. The van der Waals surface area contributed by atoms with Crippen LogP contribution in [-0.2, 0) is 6.73 Å². The van der Waals surface area contributed by atoms with Crippen LogP contribution in [0.25, 0.3) is 0 Å². The normalized spacial score (nSPS) is 10.6. The summed E-state index contributed by atoms with van der Waals surface area (Å²) in [6, 6.07) is 6.35. The van der Waals surface area contributed by atoms with Gasteiger partial charge in [0.1, 0.15) is 23.2 Å². The molecule has 0 atom stereocenters. The summed E-state index contributed by atoms with van der Waals surface area (Å²) >= 11 is 5.85. The number of carbonyl (C=O) groups is 1. The Hall–Kier alpha value is -3.00. The number of amides is 1. The minimum atomic E-state index is -0.968. The Morgan fingerprint density at radius 3 is 2.62 bits per heavy atom. The minimum absolute atomic E-state index is 0.0495. The Morgan fingerprint density at radius 1 is 1.15 bits per heavy atom. The summed E-state index contributed by atoms with van der Waals surface area (Å²) in [6.07, 6.45) is 2.77. The van der Waals surface area contributed by atoms with E-state index in [9.17, 15) is 18.0 Å². The Morgan fingerprint density at radius 2 is 1.88 bits per heavy atom. The molecule has 1 aromatic heterocycles. The summed E-state index contributed by atoms with van der Waals surface area (Å²) < 4.78 is 46.2. The summed E-state index contributed by atoms with van der Waals surface area (Å²) in [7, 11) is 0. The number of halogens is 4. The number of aromatic nitrogens is 2. The predicted octanol–water partition coefficient (Wildman–Crippen LogP) is 4.24. The van der Waals surface area contributed by atoms with Crippen molar-refractivity contribution in [3.05, 3.63) is 76.8 Å². The van der Waals surface area contributed by atoms with Crippen molar-refractivity contribution in [2.45, 2.75) is 6.73 Å². The topological polar surface area (TPSA) is 56.2 Å². The van der Waals surface area contributed by atoms with E-state index in [1.165, 1.54) is 29.2 Å². The molecule has 5 nitrogen and oxygen atoms in total. The number of nitrogens with zero attached hydrogens (tertiary/aromatic N) is 2. The number of hydrogen-bond donors (Lipinski definition) is 1. The largest absolute Gasteiger partial charge is 0.470 e. The van der Waals surface area contributed by atoms with Crippen molar-refractivity contribution in [1.82, 2.24) is 9.78 Å². The van der Waals surface area contributed by atoms with Gasteiger partial charge in [-0.1, -0.05) is 11.6 Å². The maximum Gasteiger partial charge on any atom is 0.258 e. The van der Waals surface area contributed by atoms with E-state index in [2.05, 4.69) is 10.4 Å². The molecular weight excluding hydrogens is 371 g/mol. The molecule has 3 rings (SSSR count).